The largest absolute Gasteiger partial charge is 0.356 e. The zero-order valence-electron chi connectivity index (χ0n) is 17.9. The van der Waals surface area contributed by atoms with Crippen molar-refractivity contribution in [3.05, 3.63) is 45.4 Å². The van der Waals surface area contributed by atoms with Gasteiger partial charge in [-0.05, 0) is 24.1 Å². The Morgan fingerprint density at radius 2 is 1.93 bits per heavy atom. The van der Waals surface area contributed by atoms with Crippen molar-refractivity contribution in [1.29, 1.82) is 0 Å². The van der Waals surface area contributed by atoms with Gasteiger partial charge >= 0.3 is 0 Å². The number of nitrogens with one attached hydrogen (secondary N) is 2. The maximum Gasteiger partial charge on any atom is 0.191 e. The monoisotopic (exact) mass is 550 g/mol. The highest BCUT2D eigenvalue weighted by Gasteiger charge is 2.17. The van der Waals surface area contributed by atoms with Gasteiger partial charge in [-0.1, -0.05) is 32.9 Å². The molecule has 0 aliphatic rings. The van der Waals surface area contributed by atoms with E-state index in [2.05, 4.69) is 41.8 Å². The number of nitrogens with zero attached hydrogens (tertiary/aromatic N) is 2. The highest BCUT2D eigenvalue weighted by atomic mass is 127. The van der Waals surface area contributed by atoms with Gasteiger partial charge in [-0.15, -0.1) is 35.3 Å². The maximum atomic E-state index is 11.7. The van der Waals surface area contributed by atoms with E-state index in [1.807, 2.05) is 19.1 Å². The van der Waals surface area contributed by atoms with Gasteiger partial charge in [-0.3, -0.25) is 4.99 Å². The average molecular weight is 551 g/mol. The van der Waals surface area contributed by atoms with E-state index in [0.29, 0.717) is 17.4 Å². The van der Waals surface area contributed by atoms with Crippen LogP contribution in [0, 0.1) is 6.92 Å². The third-order valence-corrected chi connectivity index (χ3v) is 6.44. The van der Waals surface area contributed by atoms with E-state index in [1.54, 1.807) is 24.5 Å². The molecule has 0 aliphatic carbocycles. The molecule has 0 saturated carbocycles. The van der Waals surface area contributed by atoms with Gasteiger partial charge in [0.05, 0.1) is 15.6 Å². The molecule has 0 atom stereocenters. The minimum atomic E-state index is -3.19. The zero-order chi connectivity index (χ0) is 20.9. The Kier molecular flexibility index (Phi) is 9.55. The van der Waals surface area contributed by atoms with Crippen molar-refractivity contribution in [1.82, 2.24) is 15.6 Å². The SMILES string of the molecule is CN=C(NCCc1nc(C(C)(C)C)cs1)NCc1ccc(S(C)(=O)=O)c(C)c1.I. The first kappa shape index (κ1) is 25.8. The third kappa shape index (κ3) is 7.86. The fourth-order valence-electron chi connectivity index (χ4n) is 2.70. The van der Waals surface area contributed by atoms with Gasteiger partial charge in [-0.2, -0.15) is 0 Å². The van der Waals surface area contributed by atoms with Crippen LogP contribution in [0.25, 0.3) is 0 Å². The van der Waals surface area contributed by atoms with Gasteiger partial charge in [0.2, 0.25) is 0 Å². The number of benzene rings is 1. The van der Waals surface area contributed by atoms with Crippen LogP contribution in [0.15, 0.2) is 33.5 Å². The van der Waals surface area contributed by atoms with Crippen LogP contribution >= 0.6 is 35.3 Å². The van der Waals surface area contributed by atoms with Crippen molar-refractivity contribution < 1.29 is 8.42 Å². The molecule has 0 radical (unpaired) electrons. The van der Waals surface area contributed by atoms with Gasteiger partial charge in [0.15, 0.2) is 15.8 Å². The summed E-state index contributed by atoms with van der Waals surface area (Å²) in [5.41, 5.74) is 2.96. The van der Waals surface area contributed by atoms with Crippen molar-refractivity contribution >= 4 is 51.1 Å². The molecule has 0 amide bonds. The summed E-state index contributed by atoms with van der Waals surface area (Å²) >= 11 is 1.69. The fourth-order valence-corrected chi connectivity index (χ4v) is 4.69. The van der Waals surface area contributed by atoms with Crippen molar-refractivity contribution in [2.24, 2.45) is 4.99 Å². The predicted octanol–water partition coefficient (Wildman–Crippen LogP) is 3.68. The van der Waals surface area contributed by atoms with Crippen LogP contribution in [0.4, 0.5) is 0 Å². The molecule has 0 unspecified atom stereocenters. The van der Waals surface area contributed by atoms with E-state index in [1.165, 1.54) is 6.26 Å². The molecule has 1 heterocycles. The number of guanidine groups is 1. The molecule has 0 saturated heterocycles. The van der Waals surface area contributed by atoms with E-state index >= 15 is 0 Å². The smallest absolute Gasteiger partial charge is 0.191 e. The lowest BCUT2D eigenvalue weighted by molar-refractivity contribution is 0.570. The molecule has 6 nitrogen and oxygen atoms in total. The summed E-state index contributed by atoms with van der Waals surface area (Å²) < 4.78 is 23.4. The molecule has 2 aromatic rings. The lowest BCUT2D eigenvalue weighted by Crippen LogP contribution is -2.37. The van der Waals surface area contributed by atoms with Crippen LogP contribution in [-0.4, -0.2) is 39.2 Å². The molecule has 2 rings (SSSR count). The molecule has 0 fully saturated rings. The Balaban J connectivity index is 0.00000420. The summed E-state index contributed by atoms with van der Waals surface area (Å²) in [4.78, 5) is 9.32. The van der Waals surface area contributed by atoms with Gasteiger partial charge < -0.3 is 10.6 Å². The topological polar surface area (TPSA) is 83.4 Å². The van der Waals surface area contributed by atoms with Crippen LogP contribution in [0.2, 0.25) is 0 Å². The van der Waals surface area contributed by atoms with Gasteiger partial charge in [-0.25, -0.2) is 13.4 Å². The fraction of sp³-hybridized carbons (Fsp3) is 0.500. The molecule has 162 valence electrons. The van der Waals surface area contributed by atoms with Crippen LogP contribution in [0.1, 0.15) is 42.6 Å². The molecule has 29 heavy (non-hydrogen) atoms. The number of aliphatic imine (C=N–C) groups is 1. The van der Waals surface area contributed by atoms with Gasteiger partial charge in [0.25, 0.3) is 0 Å². The minimum Gasteiger partial charge on any atom is -0.356 e. The molecule has 0 bridgehead atoms. The quantitative estimate of drug-likeness (QED) is 0.326. The average Bonchev–Trinajstić information content (AvgIpc) is 3.06. The highest BCUT2D eigenvalue weighted by molar-refractivity contribution is 14.0. The van der Waals surface area contributed by atoms with E-state index < -0.39 is 9.84 Å². The van der Waals surface area contributed by atoms with Crippen molar-refractivity contribution in [3.8, 4) is 0 Å². The van der Waals surface area contributed by atoms with Crippen LogP contribution < -0.4 is 10.6 Å². The first-order valence-electron chi connectivity index (χ1n) is 9.19. The summed E-state index contributed by atoms with van der Waals surface area (Å²) in [7, 11) is -1.46. The number of hydrogen-bond acceptors (Lipinski definition) is 5. The van der Waals surface area contributed by atoms with Crippen LogP contribution in [0.5, 0.6) is 0 Å². The summed E-state index contributed by atoms with van der Waals surface area (Å²) in [6.07, 6.45) is 2.07. The third-order valence-electron chi connectivity index (χ3n) is 4.27. The first-order valence-corrected chi connectivity index (χ1v) is 12.0. The second-order valence-corrected chi connectivity index (χ2v) is 10.8. The second-order valence-electron chi connectivity index (χ2n) is 7.85. The number of aryl methyl sites for hydroxylation is 1. The highest BCUT2D eigenvalue weighted by Crippen LogP contribution is 2.23. The van der Waals surface area contributed by atoms with Crippen LogP contribution in [0.3, 0.4) is 0 Å². The van der Waals surface area contributed by atoms with Crippen molar-refractivity contribution in [3.63, 3.8) is 0 Å². The Labute approximate surface area is 195 Å². The molecule has 9 heteroatoms. The molecular weight excluding hydrogens is 519 g/mol. The lowest BCUT2D eigenvalue weighted by atomic mass is 9.93. The minimum absolute atomic E-state index is 0. The van der Waals surface area contributed by atoms with Crippen LogP contribution in [-0.2, 0) is 28.2 Å². The predicted molar refractivity (Wildman–Crippen MR) is 132 cm³/mol. The Morgan fingerprint density at radius 1 is 1.24 bits per heavy atom. The molecule has 0 spiro atoms. The summed E-state index contributed by atoms with van der Waals surface area (Å²) in [5.74, 6) is 0.706. The first-order chi connectivity index (χ1) is 13.0. The van der Waals surface area contributed by atoms with E-state index in [4.69, 9.17) is 4.98 Å². The Morgan fingerprint density at radius 3 is 2.45 bits per heavy atom. The number of rotatable bonds is 6. The van der Waals surface area contributed by atoms with Gasteiger partial charge in [0, 0.05) is 43.6 Å². The molecule has 2 N–H and O–H groups in total. The summed E-state index contributed by atoms with van der Waals surface area (Å²) in [6, 6.07) is 5.38. The Hall–Kier alpha value is -1.20. The van der Waals surface area contributed by atoms with Crippen molar-refractivity contribution in [2.45, 2.75) is 51.0 Å². The standard InChI is InChI=1S/C20H30N4O2S2.HI/c1-14-11-15(7-8-16(14)28(6,25)26)12-23-19(21-5)22-10-9-18-24-17(13-27-18)20(2,3)4;/h7-8,11,13H,9-10,12H2,1-6H3,(H2,21,22,23);1H. The molecule has 1 aromatic carbocycles. The maximum absolute atomic E-state index is 11.7. The number of hydrogen-bond donors (Lipinski definition) is 2. The van der Waals surface area contributed by atoms with E-state index in [-0.39, 0.29) is 29.4 Å². The zero-order valence-corrected chi connectivity index (χ0v) is 21.8. The second kappa shape index (κ2) is 10.7. The Bertz CT molecular complexity index is 948. The normalized spacial score (nSPS) is 12.4. The number of thiazole rings is 1. The molecule has 0 aliphatic heterocycles. The number of sulfone groups is 1. The summed E-state index contributed by atoms with van der Waals surface area (Å²) in [5, 5.41) is 9.80. The van der Waals surface area contributed by atoms with E-state index in [9.17, 15) is 8.42 Å². The summed E-state index contributed by atoms with van der Waals surface area (Å²) in [6.45, 7) is 9.62. The molecular formula is C20H31IN4O2S2. The number of halogens is 1. The lowest BCUT2D eigenvalue weighted by Gasteiger charge is -2.14. The van der Waals surface area contributed by atoms with Gasteiger partial charge in [0.1, 0.15) is 0 Å². The number of aromatic nitrogens is 1. The van der Waals surface area contributed by atoms with Crippen molar-refractivity contribution in [2.75, 3.05) is 19.8 Å². The molecule has 1 aromatic heterocycles. The van der Waals surface area contributed by atoms with E-state index in [0.717, 1.165) is 34.8 Å².